The van der Waals surface area contributed by atoms with Crippen LogP contribution in [0.5, 0.6) is 0 Å². The normalized spacial score (nSPS) is 10.5. The second kappa shape index (κ2) is 8.40. The molecule has 3 aromatic rings. The van der Waals surface area contributed by atoms with E-state index in [0.29, 0.717) is 23.9 Å². The van der Waals surface area contributed by atoms with Crippen LogP contribution in [0.25, 0.3) is 11.4 Å². The van der Waals surface area contributed by atoms with Gasteiger partial charge in [-0.2, -0.15) is 0 Å². The number of benzene rings is 1. The minimum atomic E-state index is -0.997. The van der Waals surface area contributed by atoms with Crippen LogP contribution in [0.1, 0.15) is 22.3 Å². The molecule has 2 aromatic heterocycles. The average Bonchev–Trinajstić information content (AvgIpc) is 2.67. The standard InChI is InChI=1S/C19H17ClN4O2/c20-15-5-3-13(4-6-15)2-1-9-22-19-23-11-8-16(24-19)17-12-14(18(25)26)7-10-21-17/h3-8,10-12H,1-2,9H2,(H,25,26)(H,22,23,24). The van der Waals surface area contributed by atoms with Crippen LogP contribution in [-0.2, 0) is 6.42 Å². The van der Waals surface area contributed by atoms with Crippen LogP contribution in [-0.4, -0.2) is 32.6 Å². The number of nitrogens with zero attached hydrogens (tertiary/aromatic N) is 3. The largest absolute Gasteiger partial charge is 0.478 e. The van der Waals surface area contributed by atoms with Crippen molar-refractivity contribution in [1.82, 2.24) is 15.0 Å². The second-order valence-corrected chi connectivity index (χ2v) is 6.09. The summed E-state index contributed by atoms with van der Waals surface area (Å²) in [7, 11) is 0. The summed E-state index contributed by atoms with van der Waals surface area (Å²) in [4.78, 5) is 23.9. The summed E-state index contributed by atoms with van der Waals surface area (Å²) in [6.45, 7) is 0.717. The highest BCUT2D eigenvalue weighted by Crippen LogP contribution is 2.16. The van der Waals surface area contributed by atoms with Gasteiger partial charge in [-0.25, -0.2) is 14.8 Å². The average molecular weight is 369 g/mol. The number of carboxylic acid groups (broad SMARTS) is 1. The third-order valence-corrected chi connectivity index (χ3v) is 4.02. The van der Waals surface area contributed by atoms with E-state index in [4.69, 9.17) is 16.7 Å². The number of pyridine rings is 1. The molecule has 0 spiro atoms. The van der Waals surface area contributed by atoms with E-state index in [-0.39, 0.29) is 5.56 Å². The van der Waals surface area contributed by atoms with Crippen molar-refractivity contribution in [3.63, 3.8) is 0 Å². The van der Waals surface area contributed by atoms with Crippen LogP contribution in [0.4, 0.5) is 5.95 Å². The summed E-state index contributed by atoms with van der Waals surface area (Å²) in [5.74, 6) is -0.510. The number of aromatic nitrogens is 3. The van der Waals surface area contributed by atoms with Crippen molar-refractivity contribution in [3.05, 3.63) is 71.0 Å². The van der Waals surface area contributed by atoms with Crippen LogP contribution < -0.4 is 5.32 Å². The molecule has 26 heavy (non-hydrogen) atoms. The maximum Gasteiger partial charge on any atom is 0.335 e. The molecule has 0 saturated heterocycles. The third-order valence-electron chi connectivity index (χ3n) is 3.76. The Hall–Kier alpha value is -2.99. The molecular weight excluding hydrogens is 352 g/mol. The van der Waals surface area contributed by atoms with Crippen LogP contribution >= 0.6 is 11.6 Å². The first-order valence-corrected chi connectivity index (χ1v) is 8.51. The SMILES string of the molecule is O=C(O)c1ccnc(-c2ccnc(NCCCc3ccc(Cl)cc3)n2)c1. The lowest BCUT2D eigenvalue weighted by molar-refractivity contribution is 0.0697. The lowest BCUT2D eigenvalue weighted by atomic mass is 10.1. The third kappa shape index (κ3) is 4.77. The highest BCUT2D eigenvalue weighted by Gasteiger charge is 2.08. The Balaban J connectivity index is 1.60. The predicted octanol–water partition coefficient (Wildman–Crippen LogP) is 3.93. The van der Waals surface area contributed by atoms with Gasteiger partial charge in [0.05, 0.1) is 17.0 Å². The molecule has 0 aliphatic carbocycles. The van der Waals surface area contributed by atoms with E-state index < -0.39 is 5.97 Å². The van der Waals surface area contributed by atoms with Gasteiger partial charge in [0.15, 0.2) is 0 Å². The zero-order chi connectivity index (χ0) is 18.4. The highest BCUT2D eigenvalue weighted by molar-refractivity contribution is 6.30. The van der Waals surface area contributed by atoms with Gasteiger partial charge in [0.2, 0.25) is 5.95 Å². The van der Waals surface area contributed by atoms with E-state index >= 15 is 0 Å². The summed E-state index contributed by atoms with van der Waals surface area (Å²) in [6, 6.07) is 12.4. The Morgan fingerprint density at radius 3 is 2.58 bits per heavy atom. The zero-order valence-corrected chi connectivity index (χ0v) is 14.6. The molecular formula is C19H17ClN4O2. The van der Waals surface area contributed by atoms with Gasteiger partial charge in [0.1, 0.15) is 0 Å². The van der Waals surface area contributed by atoms with E-state index in [2.05, 4.69) is 20.3 Å². The van der Waals surface area contributed by atoms with E-state index in [1.807, 2.05) is 24.3 Å². The van der Waals surface area contributed by atoms with Crippen molar-refractivity contribution in [3.8, 4) is 11.4 Å². The Bertz CT molecular complexity index is 900. The minimum absolute atomic E-state index is 0.172. The Morgan fingerprint density at radius 2 is 1.81 bits per heavy atom. The van der Waals surface area contributed by atoms with Crippen molar-refractivity contribution in [2.45, 2.75) is 12.8 Å². The summed E-state index contributed by atoms with van der Waals surface area (Å²) in [6.07, 6.45) is 4.92. The number of carbonyl (C=O) groups is 1. The molecule has 0 unspecified atom stereocenters. The predicted molar refractivity (Wildman–Crippen MR) is 100 cm³/mol. The topological polar surface area (TPSA) is 88.0 Å². The number of hydrogen-bond acceptors (Lipinski definition) is 5. The van der Waals surface area contributed by atoms with Gasteiger partial charge in [-0.05, 0) is 48.7 Å². The molecule has 1 aromatic carbocycles. The van der Waals surface area contributed by atoms with Crippen molar-refractivity contribution in [2.24, 2.45) is 0 Å². The highest BCUT2D eigenvalue weighted by atomic mass is 35.5. The maximum absolute atomic E-state index is 11.1. The number of hydrogen-bond donors (Lipinski definition) is 2. The number of aromatic carboxylic acids is 1. The van der Waals surface area contributed by atoms with E-state index in [1.54, 1.807) is 12.3 Å². The Morgan fingerprint density at radius 1 is 1.04 bits per heavy atom. The van der Waals surface area contributed by atoms with Crippen LogP contribution in [0, 0.1) is 0 Å². The van der Waals surface area contributed by atoms with Gasteiger partial charge in [0.25, 0.3) is 0 Å². The Kier molecular flexibility index (Phi) is 5.76. The Labute approximate surface area is 155 Å². The quantitative estimate of drug-likeness (QED) is 0.614. The van der Waals surface area contributed by atoms with E-state index in [1.165, 1.54) is 23.9 Å². The number of anilines is 1. The van der Waals surface area contributed by atoms with Crippen LogP contribution in [0.2, 0.25) is 5.02 Å². The molecule has 132 valence electrons. The molecule has 0 aliphatic heterocycles. The minimum Gasteiger partial charge on any atom is -0.478 e. The first-order chi connectivity index (χ1) is 12.6. The number of rotatable bonds is 7. The van der Waals surface area contributed by atoms with Crippen LogP contribution in [0.3, 0.4) is 0 Å². The first-order valence-electron chi connectivity index (χ1n) is 8.13. The van der Waals surface area contributed by atoms with Crippen molar-refractivity contribution >= 4 is 23.5 Å². The van der Waals surface area contributed by atoms with E-state index in [9.17, 15) is 4.79 Å². The number of halogens is 1. The van der Waals surface area contributed by atoms with E-state index in [0.717, 1.165) is 17.9 Å². The summed E-state index contributed by atoms with van der Waals surface area (Å²) in [5.41, 5.74) is 2.46. The number of aryl methyl sites for hydroxylation is 1. The van der Waals surface area contributed by atoms with Gasteiger partial charge in [-0.15, -0.1) is 0 Å². The van der Waals surface area contributed by atoms with Gasteiger partial charge >= 0.3 is 5.97 Å². The lowest BCUT2D eigenvalue weighted by Gasteiger charge is -2.07. The molecule has 0 fully saturated rings. The molecule has 7 heteroatoms. The molecule has 0 saturated carbocycles. The van der Waals surface area contributed by atoms with Crippen molar-refractivity contribution < 1.29 is 9.90 Å². The maximum atomic E-state index is 11.1. The fourth-order valence-electron chi connectivity index (χ4n) is 2.43. The first kappa shape index (κ1) is 17.8. The second-order valence-electron chi connectivity index (χ2n) is 5.66. The smallest absolute Gasteiger partial charge is 0.335 e. The summed E-state index contributed by atoms with van der Waals surface area (Å²) in [5, 5.41) is 13.0. The molecule has 6 nitrogen and oxygen atoms in total. The van der Waals surface area contributed by atoms with Crippen molar-refractivity contribution in [2.75, 3.05) is 11.9 Å². The molecule has 0 bridgehead atoms. The lowest BCUT2D eigenvalue weighted by Crippen LogP contribution is -2.07. The zero-order valence-electron chi connectivity index (χ0n) is 13.9. The molecule has 0 aliphatic rings. The number of carboxylic acids is 1. The summed E-state index contributed by atoms with van der Waals surface area (Å²) >= 11 is 5.88. The fraction of sp³-hybridized carbons (Fsp3) is 0.158. The molecule has 3 rings (SSSR count). The summed E-state index contributed by atoms with van der Waals surface area (Å²) < 4.78 is 0. The molecule has 0 atom stereocenters. The van der Waals surface area contributed by atoms with Gasteiger partial charge in [0, 0.05) is 24.0 Å². The molecule has 2 N–H and O–H groups in total. The molecule has 0 radical (unpaired) electrons. The molecule has 2 heterocycles. The van der Waals surface area contributed by atoms with Gasteiger partial charge < -0.3 is 10.4 Å². The molecule has 0 amide bonds. The van der Waals surface area contributed by atoms with Crippen molar-refractivity contribution in [1.29, 1.82) is 0 Å². The fourth-order valence-corrected chi connectivity index (χ4v) is 2.56. The monoisotopic (exact) mass is 368 g/mol. The van der Waals surface area contributed by atoms with Crippen LogP contribution in [0.15, 0.2) is 54.9 Å². The van der Waals surface area contributed by atoms with Gasteiger partial charge in [-0.1, -0.05) is 23.7 Å². The number of nitrogens with one attached hydrogen (secondary N) is 1. The van der Waals surface area contributed by atoms with Gasteiger partial charge in [-0.3, -0.25) is 4.98 Å².